The summed E-state index contributed by atoms with van der Waals surface area (Å²) in [5.74, 6) is -4.19. The molecule has 0 aromatic heterocycles. The number of nitrogens with one attached hydrogen (secondary N) is 5. The van der Waals surface area contributed by atoms with Gasteiger partial charge in [-0.2, -0.15) is 12.6 Å². The number of rotatable bonds is 17. The second kappa shape index (κ2) is 17.9. The number of amides is 6. The van der Waals surface area contributed by atoms with Gasteiger partial charge in [0.25, 0.3) is 0 Å². The number of benzene rings is 1. The number of carbonyl (C=O) groups excluding carboxylic acids is 6. The molecule has 1 aromatic rings. The Labute approximate surface area is 242 Å². The van der Waals surface area contributed by atoms with E-state index in [0.29, 0.717) is 5.56 Å². The first-order chi connectivity index (χ1) is 19.3. The fraction of sp³-hybridized carbons (Fsp3) is 0.458. The fourth-order valence-corrected chi connectivity index (χ4v) is 3.62. The summed E-state index contributed by atoms with van der Waals surface area (Å²) < 4.78 is 0. The van der Waals surface area contributed by atoms with Crippen LogP contribution in [0.1, 0.15) is 25.3 Å². The first-order valence-electron chi connectivity index (χ1n) is 12.5. The minimum Gasteiger partial charge on any atom is -0.508 e. The SMILES string of the molecule is CC(=O)N[C@@H](Cc1ccc(O)cc1)C(=O)N[C@@H](CCCN=C(N)N)C(=O)NCC(=O)NCC(=O)N[C@@H](CS)C(N)=O. The van der Waals surface area contributed by atoms with Crippen molar-refractivity contribution in [2.24, 2.45) is 22.2 Å². The molecule has 0 fully saturated rings. The lowest BCUT2D eigenvalue weighted by atomic mass is 10.0. The van der Waals surface area contributed by atoms with E-state index in [1.807, 2.05) is 0 Å². The molecule has 0 saturated carbocycles. The first-order valence-corrected chi connectivity index (χ1v) is 13.1. The minimum absolute atomic E-state index is 0.0287. The van der Waals surface area contributed by atoms with E-state index < -0.39 is 66.7 Å². The number of nitrogens with two attached hydrogens (primary N) is 3. The highest BCUT2D eigenvalue weighted by Crippen LogP contribution is 2.12. The molecule has 0 aliphatic rings. The molecule has 41 heavy (non-hydrogen) atoms. The van der Waals surface area contributed by atoms with E-state index in [-0.39, 0.29) is 43.3 Å². The topological polar surface area (TPSA) is 273 Å². The predicted molar refractivity (Wildman–Crippen MR) is 152 cm³/mol. The lowest BCUT2D eigenvalue weighted by Crippen LogP contribution is -2.55. The van der Waals surface area contributed by atoms with E-state index in [4.69, 9.17) is 17.2 Å². The van der Waals surface area contributed by atoms with Crippen molar-refractivity contribution in [3.63, 3.8) is 0 Å². The molecule has 0 saturated heterocycles. The molecule has 3 atom stereocenters. The summed E-state index contributed by atoms with van der Waals surface area (Å²) in [5, 5.41) is 21.6. The third kappa shape index (κ3) is 14.4. The number of guanidine groups is 1. The Hall–Kier alpha value is -4.54. The number of hydrogen-bond donors (Lipinski definition) is 10. The molecule has 226 valence electrons. The molecule has 0 aliphatic carbocycles. The molecular formula is C24H37N9O7S. The Morgan fingerprint density at radius 2 is 1.49 bits per heavy atom. The molecule has 1 aromatic carbocycles. The van der Waals surface area contributed by atoms with Crippen LogP contribution in [0.5, 0.6) is 5.75 Å². The number of phenols is 1. The van der Waals surface area contributed by atoms with Crippen molar-refractivity contribution in [3.8, 4) is 5.75 Å². The fourth-order valence-electron chi connectivity index (χ4n) is 3.35. The molecule has 0 aliphatic heterocycles. The molecule has 0 bridgehead atoms. The van der Waals surface area contributed by atoms with Crippen LogP contribution in [0.15, 0.2) is 29.3 Å². The average Bonchev–Trinajstić information content (AvgIpc) is 2.90. The highest BCUT2D eigenvalue weighted by molar-refractivity contribution is 7.80. The Morgan fingerprint density at radius 1 is 0.854 bits per heavy atom. The Morgan fingerprint density at radius 3 is 2.05 bits per heavy atom. The van der Waals surface area contributed by atoms with Gasteiger partial charge in [0.1, 0.15) is 23.9 Å². The van der Waals surface area contributed by atoms with Gasteiger partial charge in [-0.15, -0.1) is 0 Å². The van der Waals surface area contributed by atoms with Crippen LogP contribution in [-0.4, -0.2) is 90.0 Å². The van der Waals surface area contributed by atoms with Gasteiger partial charge in [-0.25, -0.2) is 0 Å². The van der Waals surface area contributed by atoms with Crippen molar-refractivity contribution >= 4 is 54.0 Å². The number of nitrogens with zero attached hydrogens (tertiary/aromatic N) is 1. The minimum atomic E-state index is -1.13. The number of carbonyl (C=O) groups is 6. The van der Waals surface area contributed by atoms with Gasteiger partial charge in [-0.05, 0) is 30.5 Å². The standard InChI is InChI=1S/C24H37N9O7S/c1-13(34)31-17(9-14-4-6-15(35)7-5-14)23(40)33-16(3-2-8-28-24(26)27)22(39)30-10-19(36)29-11-20(37)32-18(12-41)21(25)38/h4-7,16-18,35,41H,2-3,8-12H2,1H3,(H2,25,38)(H,29,36)(H,30,39)(H,31,34)(H,32,37)(H,33,40)(H4,26,27,28)/t16-,17-,18-/m0/s1. The Kier molecular flexibility index (Phi) is 15.1. The summed E-state index contributed by atoms with van der Waals surface area (Å²) in [5.41, 5.74) is 16.4. The summed E-state index contributed by atoms with van der Waals surface area (Å²) in [6.07, 6.45) is 0.447. The van der Waals surface area contributed by atoms with Crippen LogP contribution in [0.2, 0.25) is 0 Å². The van der Waals surface area contributed by atoms with E-state index in [1.165, 1.54) is 19.1 Å². The summed E-state index contributed by atoms with van der Waals surface area (Å²) in [6, 6.07) is 2.85. The van der Waals surface area contributed by atoms with Gasteiger partial charge < -0.3 is 48.9 Å². The van der Waals surface area contributed by atoms with Crippen LogP contribution in [0.4, 0.5) is 0 Å². The maximum absolute atomic E-state index is 13.1. The van der Waals surface area contributed by atoms with Gasteiger partial charge in [-0.1, -0.05) is 12.1 Å². The van der Waals surface area contributed by atoms with Crippen LogP contribution in [0, 0.1) is 0 Å². The normalized spacial score (nSPS) is 12.5. The molecule has 0 heterocycles. The molecule has 6 amide bonds. The van der Waals surface area contributed by atoms with E-state index in [2.05, 4.69) is 44.2 Å². The lowest BCUT2D eigenvalue weighted by molar-refractivity contribution is -0.132. The van der Waals surface area contributed by atoms with Crippen LogP contribution < -0.4 is 43.8 Å². The number of thiol groups is 1. The van der Waals surface area contributed by atoms with Crippen molar-refractivity contribution in [3.05, 3.63) is 29.8 Å². The van der Waals surface area contributed by atoms with Gasteiger partial charge in [-0.3, -0.25) is 33.8 Å². The zero-order valence-corrected chi connectivity index (χ0v) is 23.4. The second-order valence-electron chi connectivity index (χ2n) is 8.83. The number of aromatic hydroxyl groups is 1. The Bertz CT molecular complexity index is 1110. The third-order valence-electron chi connectivity index (χ3n) is 5.38. The van der Waals surface area contributed by atoms with E-state index in [1.54, 1.807) is 12.1 Å². The second-order valence-corrected chi connectivity index (χ2v) is 9.20. The largest absolute Gasteiger partial charge is 0.508 e. The molecule has 0 unspecified atom stereocenters. The van der Waals surface area contributed by atoms with Gasteiger partial charge in [0.15, 0.2) is 5.96 Å². The Balaban J connectivity index is 2.83. The van der Waals surface area contributed by atoms with E-state index >= 15 is 0 Å². The van der Waals surface area contributed by atoms with E-state index in [9.17, 15) is 33.9 Å². The third-order valence-corrected chi connectivity index (χ3v) is 5.74. The quantitative estimate of drug-likeness (QED) is 0.0364. The maximum Gasteiger partial charge on any atom is 0.243 e. The molecule has 0 spiro atoms. The van der Waals surface area contributed by atoms with Crippen LogP contribution in [0.25, 0.3) is 0 Å². The molecule has 12 N–H and O–H groups in total. The summed E-state index contributed by atoms with van der Waals surface area (Å²) in [7, 11) is 0. The van der Waals surface area contributed by atoms with Crippen LogP contribution >= 0.6 is 12.6 Å². The molecule has 1 rings (SSSR count). The predicted octanol–water partition coefficient (Wildman–Crippen LogP) is -3.89. The first kappa shape index (κ1) is 34.5. The van der Waals surface area contributed by atoms with Crippen molar-refractivity contribution < 1.29 is 33.9 Å². The van der Waals surface area contributed by atoms with E-state index in [0.717, 1.165) is 0 Å². The number of aliphatic imine (C=N–C) groups is 1. The van der Waals surface area contributed by atoms with Crippen LogP contribution in [-0.2, 0) is 35.2 Å². The summed E-state index contributed by atoms with van der Waals surface area (Å²) >= 11 is 3.90. The molecular weight excluding hydrogens is 558 g/mol. The van der Waals surface area contributed by atoms with Crippen molar-refractivity contribution in [1.82, 2.24) is 26.6 Å². The van der Waals surface area contributed by atoms with Crippen molar-refractivity contribution in [1.29, 1.82) is 0 Å². The van der Waals surface area contributed by atoms with Gasteiger partial charge >= 0.3 is 0 Å². The number of hydrogen-bond acceptors (Lipinski definition) is 9. The van der Waals surface area contributed by atoms with Crippen molar-refractivity contribution in [2.75, 3.05) is 25.4 Å². The molecule has 0 radical (unpaired) electrons. The highest BCUT2D eigenvalue weighted by Gasteiger charge is 2.27. The highest BCUT2D eigenvalue weighted by atomic mass is 32.1. The van der Waals surface area contributed by atoms with Gasteiger partial charge in [0, 0.05) is 25.6 Å². The molecule has 16 nitrogen and oxygen atoms in total. The lowest BCUT2D eigenvalue weighted by Gasteiger charge is -2.23. The average molecular weight is 596 g/mol. The maximum atomic E-state index is 13.1. The van der Waals surface area contributed by atoms with Gasteiger partial charge in [0.2, 0.25) is 35.4 Å². The smallest absolute Gasteiger partial charge is 0.243 e. The summed E-state index contributed by atoms with van der Waals surface area (Å²) in [6.45, 7) is 0.391. The van der Waals surface area contributed by atoms with Gasteiger partial charge in [0.05, 0.1) is 13.1 Å². The zero-order chi connectivity index (χ0) is 30.9. The summed E-state index contributed by atoms with van der Waals surface area (Å²) in [4.78, 5) is 76.8. The molecule has 17 heteroatoms. The number of primary amides is 1. The monoisotopic (exact) mass is 595 g/mol. The van der Waals surface area contributed by atoms with Crippen molar-refractivity contribution in [2.45, 2.75) is 44.3 Å². The zero-order valence-electron chi connectivity index (χ0n) is 22.5. The van der Waals surface area contributed by atoms with Crippen LogP contribution in [0.3, 0.4) is 0 Å². The number of phenolic OH excluding ortho intramolecular Hbond substituents is 1.